The van der Waals surface area contributed by atoms with Crippen LogP contribution >= 0.6 is 0 Å². The van der Waals surface area contributed by atoms with Crippen LogP contribution in [0.1, 0.15) is 38.1 Å². The summed E-state index contributed by atoms with van der Waals surface area (Å²) in [6.45, 7) is 5.95. The highest BCUT2D eigenvalue weighted by Crippen LogP contribution is 2.26. The van der Waals surface area contributed by atoms with E-state index in [0.717, 1.165) is 27.8 Å². The van der Waals surface area contributed by atoms with Crippen LogP contribution < -0.4 is 10.5 Å². The Morgan fingerprint density at radius 2 is 1.58 bits per heavy atom. The van der Waals surface area contributed by atoms with Gasteiger partial charge < -0.3 is 10.5 Å². The van der Waals surface area contributed by atoms with Crippen LogP contribution in [0.5, 0.6) is 5.75 Å². The maximum atomic E-state index is 13.2. The molecule has 0 heterocycles. The quantitative estimate of drug-likeness (QED) is 0.592. The molecule has 3 aromatic carbocycles. The van der Waals surface area contributed by atoms with Crippen molar-refractivity contribution >= 4 is 16.5 Å². The molecule has 0 aliphatic carbocycles. The van der Waals surface area contributed by atoms with Gasteiger partial charge in [0.25, 0.3) is 0 Å². The summed E-state index contributed by atoms with van der Waals surface area (Å²) >= 11 is 0. The second kappa shape index (κ2) is 8.34. The Kier molecular flexibility index (Phi) is 6.19. The first-order chi connectivity index (χ1) is 11.6. The lowest BCUT2D eigenvalue weighted by molar-refractivity contribution is 0.307. The Bertz CT molecular complexity index is 776. The molecule has 24 heavy (non-hydrogen) atoms. The van der Waals surface area contributed by atoms with Gasteiger partial charge in [0.2, 0.25) is 0 Å². The van der Waals surface area contributed by atoms with Crippen LogP contribution in [0.3, 0.4) is 0 Å². The molecule has 3 rings (SSSR count). The van der Waals surface area contributed by atoms with Crippen LogP contribution in [0.4, 0.5) is 10.1 Å². The van der Waals surface area contributed by atoms with Crippen molar-refractivity contribution in [2.45, 2.75) is 33.5 Å². The first-order valence-corrected chi connectivity index (χ1v) is 8.28. The molecule has 0 spiro atoms. The average Bonchev–Trinajstić information content (AvgIpc) is 2.62. The van der Waals surface area contributed by atoms with Gasteiger partial charge >= 0.3 is 0 Å². The minimum atomic E-state index is -0.966. The highest BCUT2D eigenvalue weighted by Gasteiger charge is 2.06. The lowest BCUT2D eigenvalue weighted by Crippen LogP contribution is -1.98. The van der Waals surface area contributed by atoms with E-state index in [1.54, 1.807) is 24.3 Å². The highest BCUT2D eigenvalue weighted by molar-refractivity contribution is 5.95. The Morgan fingerprint density at radius 3 is 2.21 bits per heavy atom. The molecule has 126 valence electrons. The molecule has 0 saturated heterocycles. The third kappa shape index (κ3) is 4.05. The molecule has 3 aromatic rings. The van der Waals surface area contributed by atoms with Crippen LogP contribution in [0.25, 0.3) is 10.8 Å². The standard InChI is InChI=1S/C19H18FNO.C2H6/c1-13(20)14-8-10-17(11-9-14)22-12-16-6-2-4-15-5-3-7-18(21)19(15)16;1-2/h2-11,13H,12,21H2,1H3;1-2H3. The van der Waals surface area contributed by atoms with Crippen molar-refractivity contribution in [3.8, 4) is 5.75 Å². The van der Waals surface area contributed by atoms with Crippen molar-refractivity contribution in [3.05, 3.63) is 71.8 Å². The Morgan fingerprint density at radius 1 is 0.958 bits per heavy atom. The molecule has 1 atom stereocenters. The van der Waals surface area contributed by atoms with Gasteiger partial charge in [-0.25, -0.2) is 4.39 Å². The summed E-state index contributed by atoms with van der Waals surface area (Å²) in [5, 5.41) is 2.13. The third-order valence-corrected chi connectivity index (χ3v) is 3.76. The molecule has 2 nitrogen and oxygen atoms in total. The molecule has 0 aliphatic heterocycles. The van der Waals surface area contributed by atoms with Crippen LogP contribution in [0, 0.1) is 0 Å². The fourth-order valence-electron chi connectivity index (χ4n) is 2.56. The number of hydrogen-bond donors (Lipinski definition) is 1. The van der Waals surface area contributed by atoms with Gasteiger partial charge in [-0.3, -0.25) is 0 Å². The van der Waals surface area contributed by atoms with Crippen molar-refractivity contribution in [1.29, 1.82) is 0 Å². The van der Waals surface area contributed by atoms with E-state index in [4.69, 9.17) is 10.5 Å². The predicted molar refractivity (Wildman–Crippen MR) is 100 cm³/mol. The van der Waals surface area contributed by atoms with E-state index in [1.807, 2.05) is 50.2 Å². The molecular weight excluding hydrogens is 301 g/mol. The first-order valence-electron chi connectivity index (χ1n) is 8.28. The summed E-state index contributed by atoms with van der Waals surface area (Å²) in [6, 6.07) is 19.0. The van der Waals surface area contributed by atoms with Gasteiger partial charge in [-0.1, -0.05) is 56.3 Å². The van der Waals surface area contributed by atoms with Gasteiger partial charge in [-0.2, -0.15) is 0 Å². The van der Waals surface area contributed by atoms with Crippen molar-refractivity contribution in [1.82, 2.24) is 0 Å². The van der Waals surface area contributed by atoms with Crippen molar-refractivity contribution in [2.75, 3.05) is 5.73 Å². The van der Waals surface area contributed by atoms with Gasteiger partial charge in [0.05, 0.1) is 0 Å². The minimum Gasteiger partial charge on any atom is -0.489 e. The number of nitrogen functional groups attached to an aromatic ring is 1. The van der Waals surface area contributed by atoms with E-state index in [-0.39, 0.29) is 0 Å². The summed E-state index contributed by atoms with van der Waals surface area (Å²) in [5.41, 5.74) is 8.53. The molecule has 0 bridgehead atoms. The molecule has 0 aliphatic rings. The summed E-state index contributed by atoms with van der Waals surface area (Å²) in [7, 11) is 0. The van der Waals surface area contributed by atoms with Crippen molar-refractivity contribution in [3.63, 3.8) is 0 Å². The van der Waals surface area contributed by atoms with Gasteiger partial charge in [-0.15, -0.1) is 0 Å². The van der Waals surface area contributed by atoms with E-state index in [2.05, 4.69) is 0 Å². The van der Waals surface area contributed by atoms with E-state index in [9.17, 15) is 4.39 Å². The summed E-state index contributed by atoms with van der Waals surface area (Å²) in [5.74, 6) is 0.718. The Hall–Kier alpha value is -2.55. The van der Waals surface area contributed by atoms with E-state index < -0.39 is 6.17 Å². The van der Waals surface area contributed by atoms with Gasteiger partial charge in [0, 0.05) is 11.1 Å². The van der Waals surface area contributed by atoms with E-state index >= 15 is 0 Å². The zero-order chi connectivity index (χ0) is 17.5. The number of benzene rings is 3. The number of hydrogen-bond acceptors (Lipinski definition) is 2. The molecule has 0 saturated carbocycles. The normalized spacial score (nSPS) is 11.5. The van der Waals surface area contributed by atoms with Gasteiger partial charge in [0.1, 0.15) is 18.5 Å². The number of rotatable bonds is 4. The maximum absolute atomic E-state index is 13.2. The number of anilines is 1. The minimum absolute atomic E-state index is 0.427. The zero-order valence-corrected chi connectivity index (χ0v) is 14.4. The molecule has 3 heteroatoms. The van der Waals surface area contributed by atoms with Crippen LogP contribution in [0.15, 0.2) is 60.7 Å². The summed E-state index contributed by atoms with van der Waals surface area (Å²) < 4.78 is 19.0. The first kappa shape index (κ1) is 17.8. The van der Waals surface area contributed by atoms with Gasteiger partial charge in [-0.05, 0) is 41.6 Å². The van der Waals surface area contributed by atoms with E-state index in [0.29, 0.717) is 12.2 Å². The zero-order valence-electron chi connectivity index (χ0n) is 14.4. The number of halogens is 1. The predicted octanol–water partition coefficient (Wildman–Crippen LogP) is 6.06. The Balaban J connectivity index is 0.00000100. The van der Waals surface area contributed by atoms with Crippen LogP contribution in [-0.4, -0.2) is 0 Å². The second-order valence-corrected chi connectivity index (χ2v) is 5.34. The molecule has 0 radical (unpaired) electrons. The molecular formula is C21H24FNO. The lowest BCUT2D eigenvalue weighted by atomic mass is 10.0. The molecule has 1 unspecified atom stereocenters. The van der Waals surface area contributed by atoms with Gasteiger partial charge in [0.15, 0.2) is 0 Å². The monoisotopic (exact) mass is 325 g/mol. The fraction of sp³-hybridized carbons (Fsp3) is 0.238. The van der Waals surface area contributed by atoms with Crippen LogP contribution in [-0.2, 0) is 6.61 Å². The molecule has 0 amide bonds. The number of alkyl halides is 1. The van der Waals surface area contributed by atoms with Crippen LogP contribution in [0.2, 0.25) is 0 Å². The molecule has 2 N–H and O–H groups in total. The summed E-state index contributed by atoms with van der Waals surface area (Å²) in [4.78, 5) is 0. The summed E-state index contributed by atoms with van der Waals surface area (Å²) in [6.07, 6.45) is -0.966. The highest BCUT2D eigenvalue weighted by atomic mass is 19.1. The topological polar surface area (TPSA) is 35.2 Å². The number of fused-ring (bicyclic) bond motifs is 1. The smallest absolute Gasteiger partial charge is 0.122 e. The number of ether oxygens (including phenoxy) is 1. The fourth-order valence-corrected chi connectivity index (χ4v) is 2.56. The molecule has 0 fully saturated rings. The van der Waals surface area contributed by atoms with Crippen molar-refractivity contribution < 1.29 is 9.13 Å². The molecule has 0 aromatic heterocycles. The lowest BCUT2D eigenvalue weighted by Gasteiger charge is -2.11. The number of nitrogens with two attached hydrogens (primary N) is 1. The SMILES string of the molecule is CC.CC(F)c1ccc(OCc2cccc3cccc(N)c23)cc1. The van der Waals surface area contributed by atoms with E-state index in [1.165, 1.54) is 6.92 Å². The third-order valence-electron chi connectivity index (χ3n) is 3.76. The largest absolute Gasteiger partial charge is 0.489 e. The van der Waals surface area contributed by atoms with Crippen molar-refractivity contribution in [2.24, 2.45) is 0 Å². The Labute approximate surface area is 143 Å². The second-order valence-electron chi connectivity index (χ2n) is 5.34. The average molecular weight is 325 g/mol. The maximum Gasteiger partial charge on any atom is 0.122 e.